The summed E-state index contributed by atoms with van der Waals surface area (Å²) in [5.74, 6) is 0.483. The van der Waals surface area contributed by atoms with Crippen LogP contribution in [0.25, 0.3) is 0 Å². The summed E-state index contributed by atoms with van der Waals surface area (Å²) in [6.07, 6.45) is 0.666. The van der Waals surface area contributed by atoms with Gasteiger partial charge in [0.1, 0.15) is 5.76 Å². The van der Waals surface area contributed by atoms with E-state index in [1.54, 1.807) is 19.1 Å². The van der Waals surface area contributed by atoms with Crippen molar-refractivity contribution in [2.24, 2.45) is 0 Å². The fraction of sp³-hybridized carbons (Fsp3) is 0.200. The second-order valence-electron chi connectivity index (χ2n) is 6.27. The maximum Gasteiger partial charge on any atom is 0.263 e. The Balaban J connectivity index is 1.65. The third-order valence-electron chi connectivity index (χ3n) is 3.98. The van der Waals surface area contributed by atoms with Gasteiger partial charge in [-0.15, -0.1) is 11.8 Å². The number of aryl methyl sites for hydroxylation is 1. The number of aromatic nitrogens is 1. The van der Waals surface area contributed by atoms with Crippen LogP contribution >= 0.6 is 11.8 Å². The molecule has 3 rings (SSSR count). The number of carbonyl (C=O) groups excluding carboxylic acids is 1. The molecule has 0 saturated heterocycles. The Bertz CT molecular complexity index is 1060. The molecule has 9 heteroatoms. The molecule has 0 spiro atoms. The standard InChI is InChI=1S/C20H21N3O4S2/c1-3-18(28-16-7-5-4-6-8-16)20(24)21-15-9-11-17(12-10-15)29(25,26)23-19-13-14(2)27-22-19/h4-13,18H,3H2,1-2H3,(H,21,24)(H,22,23). The lowest BCUT2D eigenvalue weighted by Gasteiger charge is -2.15. The van der Waals surface area contributed by atoms with Crippen molar-refractivity contribution >= 4 is 39.2 Å². The summed E-state index contributed by atoms with van der Waals surface area (Å²) >= 11 is 1.49. The molecule has 1 amide bonds. The number of nitrogens with one attached hydrogen (secondary N) is 2. The van der Waals surface area contributed by atoms with Crippen molar-refractivity contribution in [3.8, 4) is 0 Å². The van der Waals surface area contributed by atoms with Crippen LogP contribution < -0.4 is 10.0 Å². The summed E-state index contributed by atoms with van der Waals surface area (Å²) < 4.78 is 32.0. The number of hydrogen-bond acceptors (Lipinski definition) is 6. The van der Waals surface area contributed by atoms with E-state index in [1.807, 2.05) is 37.3 Å². The molecular weight excluding hydrogens is 410 g/mol. The molecule has 0 aliphatic heterocycles. The SMILES string of the molecule is CCC(Sc1ccccc1)C(=O)Nc1ccc(S(=O)(=O)Nc2cc(C)on2)cc1. The van der Waals surface area contributed by atoms with Crippen molar-refractivity contribution in [1.82, 2.24) is 5.16 Å². The molecular formula is C20H21N3O4S2. The molecule has 0 bridgehead atoms. The van der Waals surface area contributed by atoms with Crippen molar-refractivity contribution < 1.29 is 17.7 Å². The Morgan fingerprint density at radius 2 is 1.83 bits per heavy atom. The van der Waals surface area contributed by atoms with Crippen LogP contribution in [0, 0.1) is 6.92 Å². The first-order chi connectivity index (χ1) is 13.9. The van der Waals surface area contributed by atoms with Crippen LogP contribution in [0.5, 0.6) is 0 Å². The Hall–Kier alpha value is -2.78. The fourth-order valence-corrected chi connectivity index (χ4v) is 4.50. The van der Waals surface area contributed by atoms with Gasteiger partial charge in [-0.25, -0.2) is 8.42 Å². The van der Waals surface area contributed by atoms with Crippen molar-refractivity contribution in [3.63, 3.8) is 0 Å². The molecule has 0 fully saturated rings. The lowest BCUT2D eigenvalue weighted by molar-refractivity contribution is -0.115. The first-order valence-corrected chi connectivity index (χ1v) is 11.3. The van der Waals surface area contributed by atoms with Gasteiger partial charge in [-0.3, -0.25) is 9.52 Å². The van der Waals surface area contributed by atoms with Gasteiger partial charge in [0.25, 0.3) is 10.0 Å². The molecule has 0 aliphatic carbocycles. The van der Waals surface area contributed by atoms with Gasteiger partial charge in [-0.2, -0.15) is 0 Å². The Kier molecular flexibility index (Phi) is 6.60. The number of nitrogens with zero attached hydrogens (tertiary/aromatic N) is 1. The molecule has 0 saturated carbocycles. The predicted molar refractivity (Wildman–Crippen MR) is 113 cm³/mol. The van der Waals surface area contributed by atoms with E-state index in [9.17, 15) is 13.2 Å². The minimum atomic E-state index is -3.80. The predicted octanol–water partition coefficient (Wildman–Crippen LogP) is 4.29. The molecule has 0 radical (unpaired) electrons. The highest BCUT2D eigenvalue weighted by Gasteiger charge is 2.19. The molecule has 2 N–H and O–H groups in total. The van der Waals surface area contributed by atoms with Crippen LogP contribution in [-0.2, 0) is 14.8 Å². The van der Waals surface area contributed by atoms with Crippen molar-refractivity contribution in [1.29, 1.82) is 0 Å². The van der Waals surface area contributed by atoms with Crippen LogP contribution in [0.2, 0.25) is 0 Å². The molecule has 1 unspecified atom stereocenters. The Labute approximate surface area is 173 Å². The van der Waals surface area contributed by atoms with E-state index >= 15 is 0 Å². The molecule has 29 heavy (non-hydrogen) atoms. The van der Waals surface area contributed by atoms with E-state index in [0.717, 1.165) is 4.90 Å². The highest BCUT2D eigenvalue weighted by Crippen LogP contribution is 2.26. The number of anilines is 2. The van der Waals surface area contributed by atoms with E-state index in [2.05, 4.69) is 15.2 Å². The summed E-state index contributed by atoms with van der Waals surface area (Å²) in [4.78, 5) is 13.7. The van der Waals surface area contributed by atoms with E-state index in [4.69, 9.17) is 4.52 Å². The van der Waals surface area contributed by atoms with Gasteiger partial charge in [-0.1, -0.05) is 30.3 Å². The topological polar surface area (TPSA) is 101 Å². The second-order valence-corrected chi connectivity index (χ2v) is 9.23. The number of hydrogen-bond donors (Lipinski definition) is 2. The number of rotatable bonds is 8. The van der Waals surface area contributed by atoms with E-state index in [1.165, 1.54) is 30.0 Å². The van der Waals surface area contributed by atoms with Gasteiger partial charge >= 0.3 is 0 Å². The summed E-state index contributed by atoms with van der Waals surface area (Å²) in [6.45, 7) is 3.62. The van der Waals surface area contributed by atoms with Gasteiger partial charge in [0.2, 0.25) is 5.91 Å². The highest BCUT2D eigenvalue weighted by atomic mass is 32.2. The second kappa shape index (κ2) is 9.15. The first kappa shape index (κ1) is 20.9. The van der Waals surface area contributed by atoms with Crippen LogP contribution in [0.1, 0.15) is 19.1 Å². The lowest BCUT2D eigenvalue weighted by atomic mass is 10.3. The van der Waals surface area contributed by atoms with Crippen LogP contribution in [0.4, 0.5) is 11.5 Å². The number of sulfonamides is 1. The van der Waals surface area contributed by atoms with Gasteiger partial charge < -0.3 is 9.84 Å². The normalized spacial score (nSPS) is 12.3. The number of thioether (sulfide) groups is 1. The van der Waals surface area contributed by atoms with Gasteiger partial charge in [0, 0.05) is 16.6 Å². The summed E-state index contributed by atoms with van der Waals surface area (Å²) in [7, 11) is -3.80. The molecule has 1 aromatic heterocycles. The van der Waals surface area contributed by atoms with E-state index in [0.29, 0.717) is 17.9 Å². The van der Waals surface area contributed by atoms with Crippen LogP contribution in [0.15, 0.2) is 75.0 Å². The Morgan fingerprint density at radius 3 is 2.41 bits per heavy atom. The molecule has 1 atom stereocenters. The largest absolute Gasteiger partial charge is 0.360 e. The van der Waals surface area contributed by atoms with Crippen LogP contribution in [-0.4, -0.2) is 24.7 Å². The highest BCUT2D eigenvalue weighted by molar-refractivity contribution is 8.00. The maximum atomic E-state index is 12.6. The zero-order valence-corrected chi connectivity index (χ0v) is 17.6. The van der Waals surface area contributed by atoms with Crippen LogP contribution in [0.3, 0.4) is 0 Å². The quantitative estimate of drug-likeness (QED) is 0.516. The summed E-state index contributed by atoms with van der Waals surface area (Å²) in [5, 5.41) is 6.21. The Morgan fingerprint density at radius 1 is 1.14 bits per heavy atom. The zero-order chi connectivity index (χ0) is 20.9. The van der Waals surface area contributed by atoms with Crippen molar-refractivity contribution in [2.45, 2.75) is 35.3 Å². The fourth-order valence-electron chi connectivity index (χ4n) is 2.54. The van der Waals surface area contributed by atoms with Crippen molar-refractivity contribution in [3.05, 3.63) is 66.4 Å². The van der Waals surface area contributed by atoms with Gasteiger partial charge in [0.15, 0.2) is 5.82 Å². The molecule has 7 nitrogen and oxygen atoms in total. The zero-order valence-electron chi connectivity index (χ0n) is 16.0. The molecule has 152 valence electrons. The molecule has 3 aromatic rings. The lowest BCUT2D eigenvalue weighted by Crippen LogP contribution is -2.24. The average molecular weight is 432 g/mol. The van der Waals surface area contributed by atoms with Gasteiger partial charge in [0.05, 0.1) is 10.1 Å². The maximum absolute atomic E-state index is 12.6. The monoisotopic (exact) mass is 431 g/mol. The molecule has 1 heterocycles. The van der Waals surface area contributed by atoms with Crippen molar-refractivity contribution in [2.75, 3.05) is 10.0 Å². The summed E-state index contributed by atoms with van der Waals surface area (Å²) in [6, 6.07) is 17.2. The number of carbonyl (C=O) groups is 1. The van der Waals surface area contributed by atoms with E-state index < -0.39 is 10.0 Å². The molecule has 2 aromatic carbocycles. The minimum absolute atomic E-state index is 0.0573. The molecule has 0 aliphatic rings. The minimum Gasteiger partial charge on any atom is -0.360 e. The summed E-state index contributed by atoms with van der Waals surface area (Å²) in [5.41, 5.74) is 0.526. The van der Waals surface area contributed by atoms with Gasteiger partial charge in [-0.05, 0) is 49.7 Å². The third kappa shape index (κ3) is 5.61. The first-order valence-electron chi connectivity index (χ1n) is 8.96. The number of amides is 1. The average Bonchev–Trinajstić information content (AvgIpc) is 3.11. The third-order valence-corrected chi connectivity index (χ3v) is 6.73. The smallest absolute Gasteiger partial charge is 0.263 e. The number of benzene rings is 2. The van der Waals surface area contributed by atoms with E-state index in [-0.39, 0.29) is 21.9 Å².